The summed E-state index contributed by atoms with van der Waals surface area (Å²) >= 11 is 0. The molecule has 1 aromatic carbocycles. The topological polar surface area (TPSA) is 42.9 Å². The Morgan fingerprint density at radius 1 is 1.12 bits per heavy atom. The van der Waals surface area contributed by atoms with Crippen molar-refractivity contribution in [3.63, 3.8) is 0 Å². The third-order valence-corrected chi connectivity index (χ3v) is 4.22. The molecule has 1 saturated heterocycles. The van der Waals surface area contributed by atoms with E-state index in [1.54, 1.807) is 0 Å². The van der Waals surface area contributed by atoms with Crippen LogP contribution in [0.2, 0.25) is 0 Å². The van der Waals surface area contributed by atoms with Gasteiger partial charge in [-0.2, -0.15) is 0 Å². The highest BCUT2D eigenvalue weighted by Crippen LogP contribution is 2.17. The van der Waals surface area contributed by atoms with E-state index in [0.29, 0.717) is 0 Å². The van der Waals surface area contributed by atoms with Gasteiger partial charge in [-0.25, -0.2) is 0 Å². The number of benzene rings is 1. The van der Waals surface area contributed by atoms with E-state index in [1.807, 2.05) is 7.05 Å². The minimum atomic E-state index is 0. The molecule has 0 saturated carbocycles. The van der Waals surface area contributed by atoms with Gasteiger partial charge >= 0.3 is 0 Å². The average molecular weight is 459 g/mol. The molecule has 1 fully saturated rings. The van der Waals surface area contributed by atoms with Crippen LogP contribution in [0.3, 0.4) is 0 Å². The van der Waals surface area contributed by atoms with Crippen LogP contribution < -0.4 is 15.5 Å². The Morgan fingerprint density at radius 2 is 1.80 bits per heavy atom. The Hall–Kier alpha value is -1.02. The van der Waals surface area contributed by atoms with Gasteiger partial charge in [-0.1, -0.05) is 12.1 Å². The van der Waals surface area contributed by atoms with E-state index < -0.39 is 0 Å². The molecule has 2 N–H and O–H groups in total. The van der Waals surface area contributed by atoms with Crippen LogP contribution in [0.15, 0.2) is 29.3 Å². The van der Waals surface area contributed by atoms with Crippen LogP contribution in [0, 0.1) is 6.92 Å². The lowest BCUT2D eigenvalue weighted by Gasteiger charge is -2.38. The summed E-state index contributed by atoms with van der Waals surface area (Å²) in [5.41, 5.74) is 2.80. The van der Waals surface area contributed by atoms with Crippen LogP contribution in [-0.2, 0) is 0 Å². The maximum atomic E-state index is 4.44. The number of anilines is 1. The molecule has 0 radical (unpaired) electrons. The minimum Gasteiger partial charge on any atom is -0.368 e. The summed E-state index contributed by atoms with van der Waals surface area (Å²) in [5.74, 6) is 1.01. The van der Waals surface area contributed by atoms with Gasteiger partial charge in [0.15, 0.2) is 5.96 Å². The number of guanidine groups is 1. The molecule has 5 nitrogen and oxygen atoms in total. The molecule has 6 heteroatoms. The van der Waals surface area contributed by atoms with Crippen molar-refractivity contribution < 1.29 is 0 Å². The van der Waals surface area contributed by atoms with Crippen molar-refractivity contribution in [3.8, 4) is 0 Å². The molecule has 0 spiro atoms. The summed E-state index contributed by atoms with van der Waals surface area (Å²) in [6.45, 7) is 14.6. The predicted molar refractivity (Wildman–Crippen MR) is 119 cm³/mol. The Kier molecular flexibility index (Phi) is 8.99. The molecule has 2 rings (SSSR count). The fourth-order valence-corrected chi connectivity index (χ4v) is 2.95. The molecule has 0 amide bonds. The maximum absolute atomic E-state index is 4.44. The molecule has 0 aromatic heterocycles. The first-order valence-corrected chi connectivity index (χ1v) is 8.91. The zero-order chi connectivity index (χ0) is 17.6. The van der Waals surface area contributed by atoms with Crippen molar-refractivity contribution in [3.05, 3.63) is 29.8 Å². The molecule has 0 atom stereocenters. The van der Waals surface area contributed by atoms with Crippen LogP contribution in [-0.4, -0.2) is 62.7 Å². The lowest BCUT2D eigenvalue weighted by molar-refractivity contribution is 0.369. The smallest absolute Gasteiger partial charge is 0.193 e. The molecule has 0 bridgehead atoms. The van der Waals surface area contributed by atoms with Crippen LogP contribution in [0.5, 0.6) is 0 Å². The summed E-state index contributed by atoms with van der Waals surface area (Å²) in [5, 5.41) is 6.96. The van der Waals surface area contributed by atoms with E-state index in [4.69, 9.17) is 0 Å². The van der Waals surface area contributed by atoms with Crippen LogP contribution in [0.4, 0.5) is 5.69 Å². The Balaban J connectivity index is 0.00000312. The number of nitrogens with one attached hydrogen (secondary N) is 2. The first kappa shape index (κ1) is 22.0. The fraction of sp³-hybridized carbons (Fsp3) is 0.632. The first-order valence-electron chi connectivity index (χ1n) is 8.91. The summed E-state index contributed by atoms with van der Waals surface area (Å²) in [4.78, 5) is 9.25. The average Bonchev–Trinajstić information content (AvgIpc) is 2.54. The van der Waals surface area contributed by atoms with Crippen molar-refractivity contribution in [1.29, 1.82) is 0 Å². The monoisotopic (exact) mass is 459 g/mol. The second-order valence-electron chi connectivity index (χ2n) is 7.46. The summed E-state index contributed by atoms with van der Waals surface area (Å²) in [6.07, 6.45) is 0. The van der Waals surface area contributed by atoms with Gasteiger partial charge in [-0.3, -0.25) is 4.99 Å². The van der Waals surface area contributed by atoms with Gasteiger partial charge in [0.1, 0.15) is 0 Å². The molecule has 142 valence electrons. The lowest BCUT2D eigenvalue weighted by Crippen LogP contribution is -2.53. The number of nitrogens with zero attached hydrogens (tertiary/aromatic N) is 3. The standard InChI is InChI=1S/C19H33N5.HI/c1-16-7-6-8-17(15-16)23-11-13-24(14-12-23)18(20-5)21-9-10-22-19(2,3)4;/h6-8,15,22H,9-14H2,1-5H3,(H,20,21);1H. The van der Waals surface area contributed by atoms with Gasteiger partial charge < -0.3 is 20.4 Å². The summed E-state index contributed by atoms with van der Waals surface area (Å²) < 4.78 is 0. The molecule has 1 heterocycles. The number of rotatable bonds is 4. The third-order valence-electron chi connectivity index (χ3n) is 4.22. The molecule has 1 aromatic rings. The highest BCUT2D eigenvalue weighted by Gasteiger charge is 2.19. The van der Waals surface area contributed by atoms with Gasteiger partial charge in [0, 0.05) is 57.5 Å². The highest BCUT2D eigenvalue weighted by molar-refractivity contribution is 14.0. The number of piperazine rings is 1. The predicted octanol–water partition coefficient (Wildman–Crippen LogP) is 2.70. The van der Waals surface area contributed by atoms with E-state index in [-0.39, 0.29) is 29.5 Å². The fourth-order valence-electron chi connectivity index (χ4n) is 2.95. The molecule has 25 heavy (non-hydrogen) atoms. The normalized spacial score (nSPS) is 15.8. The Bertz CT molecular complexity index is 545. The number of hydrogen-bond acceptors (Lipinski definition) is 3. The minimum absolute atomic E-state index is 0. The second kappa shape index (κ2) is 10.2. The molecular weight excluding hydrogens is 425 g/mol. The van der Waals surface area contributed by atoms with Gasteiger partial charge in [0.25, 0.3) is 0 Å². The first-order chi connectivity index (χ1) is 11.4. The van der Waals surface area contributed by atoms with Gasteiger partial charge in [0.2, 0.25) is 0 Å². The summed E-state index contributed by atoms with van der Waals surface area (Å²) in [7, 11) is 1.87. The van der Waals surface area contributed by atoms with E-state index in [1.165, 1.54) is 11.3 Å². The number of aryl methyl sites for hydroxylation is 1. The Morgan fingerprint density at radius 3 is 2.36 bits per heavy atom. The number of halogens is 1. The number of aliphatic imine (C=N–C) groups is 1. The summed E-state index contributed by atoms with van der Waals surface area (Å²) in [6, 6.07) is 8.76. The number of hydrogen-bond donors (Lipinski definition) is 2. The molecular formula is C19H34IN5. The zero-order valence-corrected chi connectivity index (χ0v) is 18.6. The largest absolute Gasteiger partial charge is 0.368 e. The lowest BCUT2D eigenvalue weighted by atomic mass is 10.1. The SMILES string of the molecule is CN=C(NCCNC(C)(C)C)N1CCN(c2cccc(C)c2)CC1.I. The van der Waals surface area contributed by atoms with E-state index in [9.17, 15) is 0 Å². The quantitative estimate of drug-likeness (QED) is 0.315. The van der Waals surface area contributed by atoms with Gasteiger partial charge in [-0.15, -0.1) is 24.0 Å². The van der Waals surface area contributed by atoms with Crippen molar-refractivity contribution >= 4 is 35.6 Å². The van der Waals surface area contributed by atoms with Crippen molar-refractivity contribution in [1.82, 2.24) is 15.5 Å². The molecule has 1 aliphatic rings. The second-order valence-corrected chi connectivity index (χ2v) is 7.46. The van der Waals surface area contributed by atoms with Crippen molar-refractivity contribution in [2.24, 2.45) is 4.99 Å². The van der Waals surface area contributed by atoms with Crippen LogP contribution in [0.25, 0.3) is 0 Å². The Labute approximate surface area is 170 Å². The van der Waals surface area contributed by atoms with Gasteiger partial charge in [-0.05, 0) is 45.4 Å². The zero-order valence-electron chi connectivity index (χ0n) is 16.3. The third kappa shape index (κ3) is 7.40. The van der Waals surface area contributed by atoms with Crippen molar-refractivity contribution in [2.75, 3.05) is 51.2 Å². The van der Waals surface area contributed by atoms with E-state index in [2.05, 4.69) is 77.4 Å². The van der Waals surface area contributed by atoms with Gasteiger partial charge in [0.05, 0.1) is 0 Å². The van der Waals surface area contributed by atoms with Crippen molar-refractivity contribution in [2.45, 2.75) is 33.2 Å². The van der Waals surface area contributed by atoms with Crippen LogP contribution in [0.1, 0.15) is 26.3 Å². The maximum Gasteiger partial charge on any atom is 0.193 e. The van der Waals surface area contributed by atoms with E-state index >= 15 is 0 Å². The highest BCUT2D eigenvalue weighted by atomic mass is 127. The molecule has 1 aliphatic heterocycles. The van der Waals surface area contributed by atoms with Crippen LogP contribution >= 0.6 is 24.0 Å². The molecule has 0 unspecified atom stereocenters. The van der Waals surface area contributed by atoms with E-state index in [0.717, 1.165) is 45.2 Å². The molecule has 0 aliphatic carbocycles.